The third-order valence-corrected chi connectivity index (χ3v) is 10.7. The molecule has 264 valence electrons. The van der Waals surface area contributed by atoms with Gasteiger partial charge in [0.05, 0.1) is 5.69 Å². The lowest BCUT2D eigenvalue weighted by atomic mass is 9.96. The minimum Gasteiger partial charge on any atom is -0.455 e. The monoisotopic (exact) mass is 715 g/mol. The van der Waals surface area contributed by atoms with Gasteiger partial charge in [-0.15, -0.1) is 0 Å². The Kier molecular flexibility index (Phi) is 8.55. The topological polar surface area (TPSA) is 16.4 Å². The van der Waals surface area contributed by atoms with Crippen molar-refractivity contribution in [3.8, 4) is 55.8 Å². The van der Waals surface area contributed by atoms with E-state index in [-0.39, 0.29) is 0 Å². The van der Waals surface area contributed by atoms with Crippen molar-refractivity contribution in [2.45, 2.75) is 0 Å². The third-order valence-electron chi connectivity index (χ3n) is 10.7. The molecule has 0 atom stereocenters. The Hall–Kier alpha value is -7.42. The first-order valence-corrected chi connectivity index (χ1v) is 19.1. The van der Waals surface area contributed by atoms with Crippen LogP contribution in [0, 0.1) is 0 Å². The molecule has 10 aromatic rings. The van der Waals surface area contributed by atoms with Crippen molar-refractivity contribution in [1.82, 2.24) is 0 Å². The van der Waals surface area contributed by atoms with Crippen molar-refractivity contribution >= 4 is 38.8 Å². The molecule has 0 unspecified atom stereocenters. The highest BCUT2D eigenvalue weighted by Crippen LogP contribution is 2.45. The molecule has 0 bridgehead atoms. The first-order chi connectivity index (χ1) is 27.8. The van der Waals surface area contributed by atoms with Crippen LogP contribution in [0.4, 0.5) is 17.1 Å². The molecule has 2 heteroatoms. The van der Waals surface area contributed by atoms with Gasteiger partial charge in [-0.2, -0.15) is 0 Å². The van der Waals surface area contributed by atoms with Gasteiger partial charge in [0.2, 0.25) is 0 Å². The predicted octanol–water partition coefficient (Wildman–Crippen LogP) is 15.4. The summed E-state index contributed by atoms with van der Waals surface area (Å²) in [7, 11) is 0. The smallest absolute Gasteiger partial charge is 0.143 e. The summed E-state index contributed by atoms with van der Waals surface area (Å²) in [5.74, 6) is 0.855. The van der Waals surface area contributed by atoms with Crippen LogP contribution >= 0.6 is 0 Å². The van der Waals surface area contributed by atoms with Gasteiger partial charge in [0.15, 0.2) is 0 Å². The average molecular weight is 716 g/mol. The van der Waals surface area contributed by atoms with Gasteiger partial charge >= 0.3 is 0 Å². The minimum absolute atomic E-state index is 0.855. The third kappa shape index (κ3) is 6.24. The largest absolute Gasteiger partial charge is 0.455 e. The zero-order valence-corrected chi connectivity index (χ0v) is 30.7. The van der Waals surface area contributed by atoms with Gasteiger partial charge < -0.3 is 9.32 Å². The number of para-hydroxylation sites is 2. The molecule has 0 N–H and O–H groups in total. The Morgan fingerprint density at radius 2 is 0.857 bits per heavy atom. The van der Waals surface area contributed by atoms with Crippen LogP contribution < -0.4 is 4.90 Å². The zero-order chi connectivity index (χ0) is 37.3. The van der Waals surface area contributed by atoms with E-state index in [0.717, 1.165) is 67.2 Å². The summed E-state index contributed by atoms with van der Waals surface area (Å²) in [5.41, 5.74) is 14.3. The molecule has 0 spiro atoms. The maximum Gasteiger partial charge on any atom is 0.143 e. The van der Waals surface area contributed by atoms with Crippen LogP contribution in [0.25, 0.3) is 77.6 Å². The number of furan rings is 1. The van der Waals surface area contributed by atoms with E-state index in [0.29, 0.717) is 0 Å². The van der Waals surface area contributed by atoms with E-state index in [1.165, 1.54) is 27.5 Å². The number of hydrogen-bond acceptors (Lipinski definition) is 2. The second kappa shape index (κ2) is 14.4. The van der Waals surface area contributed by atoms with Crippen molar-refractivity contribution in [2.24, 2.45) is 0 Å². The maximum absolute atomic E-state index is 6.72. The van der Waals surface area contributed by atoms with Gasteiger partial charge in [-0.05, 0) is 86.6 Å². The lowest BCUT2D eigenvalue weighted by Gasteiger charge is -2.28. The second-order valence-electron chi connectivity index (χ2n) is 14.1. The summed E-state index contributed by atoms with van der Waals surface area (Å²) in [6.07, 6.45) is 0. The van der Waals surface area contributed by atoms with Crippen LogP contribution in [-0.2, 0) is 0 Å². The molecule has 0 amide bonds. The Morgan fingerprint density at radius 3 is 1.64 bits per heavy atom. The molecule has 0 radical (unpaired) electrons. The summed E-state index contributed by atoms with van der Waals surface area (Å²) in [4.78, 5) is 2.39. The lowest BCUT2D eigenvalue weighted by Crippen LogP contribution is -2.11. The molecular formula is C54H37NO. The van der Waals surface area contributed by atoms with E-state index in [1.807, 2.05) is 6.07 Å². The summed E-state index contributed by atoms with van der Waals surface area (Å²) < 4.78 is 6.72. The molecule has 0 aliphatic rings. The van der Waals surface area contributed by atoms with Crippen LogP contribution in [0.15, 0.2) is 229 Å². The number of nitrogens with zero attached hydrogens (tertiary/aromatic N) is 1. The van der Waals surface area contributed by atoms with Gasteiger partial charge in [-0.25, -0.2) is 0 Å². The highest BCUT2D eigenvalue weighted by Gasteiger charge is 2.22. The van der Waals surface area contributed by atoms with Crippen molar-refractivity contribution in [1.29, 1.82) is 0 Å². The van der Waals surface area contributed by atoms with E-state index < -0.39 is 0 Å². The molecule has 9 aromatic carbocycles. The fraction of sp³-hybridized carbons (Fsp3) is 0. The summed E-state index contributed by atoms with van der Waals surface area (Å²) >= 11 is 0. The quantitative estimate of drug-likeness (QED) is 0.156. The van der Waals surface area contributed by atoms with E-state index >= 15 is 0 Å². The van der Waals surface area contributed by atoms with Crippen molar-refractivity contribution in [3.63, 3.8) is 0 Å². The molecular weight excluding hydrogens is 679 g/mol. The molecule has 0 aliphatic carbocycles. The van der Waals surface area contributed by atoms with Gasteiger partial charge in [0.1, 0.15) is 11.3 Å². The van der Waals surface area contributed by atoms with Crippen molar-refractivity contribution in [3.05, 3.63) is 224 Å². The number of rotatable bonds is 8. The van der Waals surface area contributed by atoms with E-state index in [4.69, 9.17) is 4.42 Å². The lowest BCUT2D eigenvalue weighted by molar-refractivity contribution is 0.632. The fourth-order valence-electron chi connectivity index (χ4n) is 7.93. The van der Waals surface area contributed by atoms with Crippen LogP contribution in [0.2, 0.25) is 0 Å². The van der Waals surface area contributed by atoms with E-state index in [1.54, 1.807) is 0 Å². The molecule has 0 aliphatic heterocycles. The number of anilines is 3. The molecule has 2 nitrogen and oxygen atoms in total. The van der Waals surface area contributed by atoms with E-state index in [9.17, 15) is 0 Å². The number of benzene rings is 9. The van der Waals surface area contributed by atoms with Crippen molar-refractivity contribution < 1.29 is 4.42 Å². The molecule has 1 heterocycles. The zero-order valence-electron chi connectivity index (χ0n) is 30.7. The first kappa shape index (κ1) is 33.2. The van der Waals surface area contributed by atoms with Crippen molar-refractivity contribution in [2.75, 3.05) is 4.90 Å². The Balaban J connectivity index is 1.15. The summed E-state index contributed by atoms with van der Waals surface area (Å²) in [5, 5.41) is 3.56. The molecule has 0 fully saturated rings. The standard InChI is InChI=1S/C54H37NO/c1-3-15-38(16-4-1)40-29-32-41(33-30-40)49-25-9-11-27-51(49)55(47-23-13-21-44(36-47)45-34-31-39-17-7-8-20-43(39)35-45)48-24-14-22-46(37-48)54-53(42-18-5-2-6-19-42)50-26-10-12-28-52(50)56-54/h1-37H. The van der Waals surface area contributed by atoms with E-state index in [2.05, 4.69) is 223 Å². The van der Waals surface area contributed by atoms with Crippen LogP contribution in [-0.4, -0.2) is 0 Å². The predicted molar refractivity (Wildman–Crippen MR) is 236 cm³/mol. The highest BCUT2D eigenvalue weighted by molar-refractivity contribution is 6.02. The number of fused-ring (bicyclic) bond motifs is 2. The maximum atomic E-state index is 6.72. The number of hydrogen-bond donors (Lipinski definition) is 0. The summed E-state index contributed by atoms with van der Waals surface area (Å²) in [6, 6.07) is 80.0. The van der Waals surface area contributed by atoms with Crippen LogP contribution in [0.5, 0.6) is 0 Å². The molecule has 10 rings (SSSR count). The normalized spacial score (nSPS) is 11.2. The Labute approximate surface area is 327 Å². The highest BCUT2D eigenvalue weighted by atomic mass is 16.3. The SMILES string of the molecule is c1ccc(-c2ccc(-c3ccccc3N(c3cccc(-c4ccc5ccccc5c4)c3)c3cccc(-c4oc5ccccc5c4-c4ccccc4)c3)cc2)cc1. The van der Waals surface area contributed by atoms with Gasteiger partial charge in [-0.1, -0.05) is 182 Å². The second-order valence-corrected chi connectivity index (χ2v) is 14.1. The molecule has 56 heavy (non-hydrogen) atoms. The van der Waals surface area contributed by atoms with Crippen LogP contribution in [0.1, 0.15) is 0 Å². The molecule has 0 saturated heterocycles. The first-order valence-electron chi connectivity index (χ1n) is 19.1. The molecule has 0 saturated carbocycles. The Morgan fingerprint density at radius 1 is 0.321 bits per heavy atom. The van der Waals surface area contributed by atoms with Crippen LogP contribution in [0.3, 0.4) is 0 Å². The minimum atomic E-state index is 0.855. The molecule has 1 aromatic heterocycles. The fourth-order valence-corrected chi connectivity index (χ4v) is 7.93. The average Bonchev–Trinajstić information content (AvgIpc) is 3.67. The Bertz CT molecular complexity index is 2960. The van der Waals surface area contributed by atoms with Gasteiger partial charge in [-0.3, -0.25) is 0 Å². The van der Waals surface area contributed by atoms with Gasteiger partial charge in [0.25, 0.3) is 0 Å². The summed E-state index contributed by atoms with van der Waals surface area (Å²) in [6.45, 7) is 0. The van der Waals surface area contributed by atoms with Gasteiger partial charge in [0, 0.05) is 33.5 Å².